The summed E-state index contributed by atoms with van der Waals surface area (Å²) in [6.07, 6.45) is 12.9. The Morgan fingerprint density at radius 2 is 0.787 bits per heavy atom. The van der Waals surface area contributed by atoms with Crippen LogP contribution in [0.5, 0.6) is 0 Å². The molecule has 0 amide bonds. The summed E-state index contributed by atoms with van der Waals surface area (Å²) in [6.45, 7) is 16.3. The average molecular weight is 629 g/mol. The van der Waals surface area contributed by atoms with E-state index in [1.54, 1.807) is 11.1 Å². The second-order valence-corrected chi connectivity index (χ2v) is 13.7. The minimum atomic E-state index is 0.0536. The van der Waals surface area contributed by atoms with Crippen LogP contribution in [-0.4, -0.2) is 49.1 Å². The predicted octanol–water partition coefficient (Wildman–Crippen LogP) is 11.9. The Balaban J connectivity index is 1.46. The molecule has 2 nitrogen and oxygen atoms in total. The Bertz CT molecular complexity index is 1370. The molecule has 0 saturated heterocycles. The molecule has 0 N–H and O–H groups in total. The van der Waals surface area contributed by atoms with Gasteiger partial charge in [0.1, 0.15) is 0 Å². The van der Waals surface area contributed by atoms with E-state index in [9.17, 15) is 0 Å². The zero-order valence-corrected chi connectivity index (χ0v) is 29.9. The average Bonchev–Trinajstić information content (AvgIpc) is 3.40. The number of fused-ring (bicyclic) bond motifs is 3. The molecule has 1 aliphatic rings. The number of benzene rings is 4. The highest BCUT2D eigenvalue weighted by atomic mass is 15.1. The van der Waals surface area contributed by atoms with E-state index in [2.05, 4.69) is 135 Å². The van der Waals surface area contributed by atoms with E-state index in [4.69, 9.17) is 0 Å². The number of hydrogen-bond acceptors (Lipinski definition) is 2. The summed E-state index contributed by atoms with van der Waals surface area (Å²) in [5, 5.41) is 0. The van der Waals surface area contributed by atoms with Crippen molar-refractivity contribution in [3.05, 3.63) is 108 Å². The van der Waals surface area contributed by atoms with Gasteiger partial charge in [0.25, 0.3) is 0 Å². The molecule has 0 atom stereocenters. The molecule has 4 aromatic rings. The Morgan fingerprint density at radius 3 is 1.17 bits per heavy atom. The van der Waals surface area contributed by atoms with Crippen molar-refractivity contribution in [3.63, 3.8) is 0 Å². The van der Waals surface area contributed by atoms with Crippen LogP contribution in [0.15, 0.2) is 97.1 Å². The van der Waals surface area contributed by atoms with Gasteiger partial charge in [0.05, 0.1) is 0 Å². The second kappa shape index (κ2) is 17.8. The fraction of sp³-hybridized carbons (Fsp3) is 0.467. The van der Waals surface area contributed by atoms with Crippen LogP contribution >= 0.6 is 0 Å². The quantitative estimate of drug-likeness (QED) is 0.0899. The van der Waals surface area contributed by atoms with E-state index < -0.39 is 0 Å². The molecule has 0 unspecified atom stereocenters. The number of hydrogen-bond donors (Lipinski definition) is 0. The van der Waals surface area contributed by atoms with Crippen LogP contribution in [-0.2, 0) is 5.41 Å². The van der Waals surface area contributed by atoms with Crippen molar-refractivity contribution in [3.8, 4) is 33.4 Å². The molecule has 250 valence electrons. The molecule has 5 rings (SSSR count). The highest BCUT2D eigenvalue weighted by molar-refractivity contribution is 5.86. The lowest BCUT2D eigenvalue weighted by Crippen LogP contribution is -2.26. The van der Waals surface area contributed by atoms with Crippen molar-refractivity contribution < 1.29 is 0 Å². The molecule has 0 heterocycles. The first-order chi connectivity index (χ1) is 23.1. The van der Waals surface area contributed by atoms with Gasteiger partial charge in [0.2, 0.25) is 0 Å². The molecule has 47 heavy (non-hydrogen) atoms. The largest absolute Gasteiger partial charge is 0.304 e. The molecule has 0 aromatic heterocycles. The second-order valence-electron chi connectivity index (χ2n) is 13.7. The molecule has 4 aromatic carbocycles. The molecule has 0 saturated carbocycles. The summed E-state index contributed by atoms with van der Waals surface area (Å²) in [7, 11) is 0. The molecule has 0 fully saturated rings. The number of nitrogens with zero attached hydrogens (tertiary/aromatic N) is 2. The van der Waals surface area contributed by atoms with Crippen molar-refractivity contribution in [2.75, 3.05) is 39.3 Å². The van der Waals surface area contributed by atoms with Gasteiger partial charge in [0.15, 0.2) is 0 Å². The fourth-order valence-electron chi connectivity index (χ4n) is 8.09. The van der Waals surface area contributed by atoms with Crippen molar-refractivity contribution in [2.24, 2.45) is 0 Å². The Kier molecular flexibility index (Phi) is 13.3. The van der Waals surface area contributed by atoms with Crippen LogP contribution in [0.3, 0.4) is 0 Å². The van der Waals surface area contributed by atoms with Gasteiger partial charge in [-0.1, -0.05) is 151 Å². The van der Waals surface area contributed by atoms with E-state index >= 15 is 0 Å². The minimum Gasteiger partial charge on any atom is -0.304 e. The van der Waals surface area contributed by atoms with Crippen LogP contribution in [0.2, 0.25) is 0 Å². The SMILES string of the molecule is CCN(CC)CCCCCCC1(CCCCCCN(CC)CC)c2cc(-c3ccccc3)ccc2-c2ccc(-c3ccccc3)cc21. The van der Waals surface area contributed by atoms with Crippen LogP contribution in [0.25, 0.3) is 33.4 Å². The first-order valence-corrected chi connectivity index (χ1v) is 19.0. The molecular weight excluding hydrogens is 569 g/mol. The maximum atomic E-state index is 2.58. The summed E-state index contributed by atoms with van der Waals surface area (Å²) in [6, 6.07) is 36.8. The molecule has 0 radical (unpaired) electrons. The predicted molar refractivity (Wildman–Crippen MR) is 205 cm³/mol. The van der Waals surface area contributed by atoms with Gasteiger partial charge < -0.3 is 9.80 Å². The van der Waals surface area contributed by atoms with E-state index in [0.29, 0.717) is 0 Å². The molecule has 0 spiro atoms. The van der Waals surface area contributed by atoms with E-state index in [1.807, 2.05) is 0 Å². The summed E-state index contributed by atoms with van der Waals surface area (Å²) < 4.78 is 0. The lowest BCUT2D eigenvalue weighted by molar-refractivity contribution is 0.292. The summed E-state index contributed by atoms with van der Waals surface area (Å²) in [4.78, 5) is 5.14. The maximum Gasteiger partial charge on any atom is 0.0215 e. The van der Waals surface area contributed by atoms with Gasteiger partial charge in [-0.05, 0) is 122 Å². The standard InChI is InChI=1S/C45H60N2/c1-5-46(6-2)33-21-11-9-19-31-45(32-20-10-12-22-34-47(7-3)8-4)43-35-39(37-23-15-13-16-24-37)27-29-41(43)42-30-28-40(36-44(42)45)38-25-17-14-18-26-38/h13-18,23-30,35-36H,5-12,19-22,31-34H2,1-4H3. The van der Waals surface area contributed by atoms with Crippen LogP contribution < -0.4 is 0 Å². The first kappa shape index (κ1) is 35.1. The lowest BCUT2D eigenvalue weighted by Gasteiger charge is -2.33. The number of rotatable bonds is 20. The highest BCUT2D eigenvalue weighted by Crippen LogP contribution is 2.55. The maximum absolute atomic E-state index is 2.58. The minimum absolute atomic E-state index is 0.0536. The summed E-state index contributed by atoms with van der Waals surface area (Å²) in [5.74, 6) is 0. The first-order valence-electron chi connectivity index (χ1n) is 19.0. The van der Waals surface area contributed by atoms with E-state index in [1.165, 1.54) is 111 Å². The Labute approximate surface area is 287 Å². The Hall–Kier alpha value is -3.20. The van der Waals surface area contributed by atoms with Gasteiger partial charge in [-0.3, -0.25) is 0 Å². The van der Waals surface area contributed by atoms with Gasteiger partial charge in [0, 0.05) is 5.41 Å². The van der Waals surface area contributed by atoms with E-state index in [0.717, 1.165) is 26.2 Å². The topological polar surface area (TPSA) is 6.48 Å². The molecule has 1 aliphatic carbocycles. The molecule has 2 heteroatoms. The fourth-order valence-corrected chi connectivity index (χ4v) is 8.09. The third-order valence-electron chi connectivity index (χ3n) is 11.0. The van der Waals surface area contributed by atoms with E-state index in [-0.39, 0.29) is 5.41 Å². The lowest BCUT2D eigenvalue weighted by atomic mass is 9.70. The van der Waals surface area contributed by atoms with Gasteiger partial charge in [-0.2, -0.15) is 0 Å². The molecule has 0 aliphatic heterocycles. The Morgan fingerprint density at radius 1 is 0.404 bits per heavy atom. The van der Waals surface area contributed by atoms with Gasteiger partial charge >= 0.3 is 0 Å². The third kappa shape index (κ3) is 8.64. The van der Waals surface area contributed by atoms with Gasteiger partial charge in [-0.25, -0.2) is 0 Å². The summed E-state index contributed by atoms with van der Waals surface area (Å²) >= 11 is 0. The third-order valence-corrected chi connectivity index (χ3v) is 11.0. The summed E-state index contributed by atoms with van der Waals surface area (Å²) in [5.41, 5.74) is 11.5. The highest BCUT2D eigenvalue weighted by Gasteiger charge is 2.42. The van der Waals surface area contributed by atoms with Crippen LogP contribution in [0.1, 0.15) is 103 Å². The molecule has 0 bridgehead atoms. The van der Waals surface area contributed by atoms with Crippen molar-refractivity contribution >= 4 is 0 Å². The van der Waals surface area contributed by atoms with Crippen molar-refractivity contribution in [1.29, 1.82) is 0 Å². The van der Waals surface area contributed by atoms with Crippen molar-refractivity contribution in [2.45, 2.75) is 97.3 Å². The normalized spacial score (nSPS) is 13.3. The molecular formula is C45H60N2. The van der Waals surface area contributed by atoms with Crippen molar-refractivity contribution in [1.82, 2.24) is 9.80 Å². The zero-order chi connectivity index (χ0) is 32.9. The monoisotopic (exact) mass is 628 g/mol. The zero-order valence-electron chi connectivity index (χ0n) is 29.9. The van der Waals surface area contributed by atoms with Crippen LogP contribution in [0, 0.1) is 0 Å². The number of unbranched alkanes of at least 4 members (excludes halogenated alkanes) is 6. The smallest absolute Gasteiger partial charge is 0.0215 e. The van der Waals surface area contributed by atoms with Crippen LogP contribution in [0.4, 0.5) is 0 Å². The van der Waals surface area contributed by atoms with Gasteiger partial charge in [-0.15, -0.1) is 0 Å².